The van der Waals surface area contributed by atoms with Gasteiger partial charge in [-0.25, -0.2) is 14.8 Å². The molecule has 2 aromatic heterocycles. The van der Waals surface area contributed by atoms with Gasteiger partial charge in [0.1, 0.15) is 5.82 Å². The number of para-hydroxylation sites is 1. The average molecular weight is 589 g/mol. The lowest BCUT2D eigenvalue weighted by atomic mass is 9.81. The smallest absolute Gasteiger partial charge is 0.407 e. The van der Waals surface area contributed by atoms with Crippen molar-refractivity contribution in [3.05, 3.63) is 54.2 Å². The third-order valence-electron chi connectivity index (χ3n) is 8.99. The molecule has 1 saturated carbocycles. The van der Waals surface area contributed by atoms with Crippen LogP contribution in [0.15, 0.2) is 48.7 Å². The predicted molar refractivity (Wildman–Crippen MR) is 169 cm³/mol. The number of carbonyl (C=O) groups excluding carboxylic acids is 1. The maximum Gasteiger partial charge on any atom is 0.407 e. The molecule has 230 valence electrons. The number of piperazine rings is 1. The van der Waals surface area contributed by atoms with Gasteiger partial charge in [0.15, 0.2) is 0 Å². The van der Waals surface area contributed by atoms with Crippen LogP contribution in [0.2, 0.25) is 0 Å². The first-order valence-corrected chi connectivity index (χ1v) is 15.4. The molecule has 5 rings (SSSR count). The second kappa shape index (κ2) is 14.1. The summed E-state index contributed by atoms with van der Waals surface area (Å²) in [6.07, 6.45) is 4.78. The van der Waals surface area contributed by atoms with Crippen molar-refractivity contribution in [2.24, 2.45) is 11.8 Å². The van der Waals surface area contributed by atoms with E-state index in [0.29, 0.717) is 37.1 Å². The Morgan fingerprint density at radius 3 is 2.47 bits per heavy atom. The second-order valence-corrected chi connectivity index (χ2v) is 12.1. The largest absolute Gasteiger partial charge is 0.465 e. The van der Waals surface area contributed by atoms with Crippen molar-refractivity contribution < 1.29 is 19.4 Å². The minimum absolute atomic E-state index is 0.102. The lowest BCUT2D eigenvalue weighted by Gasteiger charge is -2.34. The van der Waals surface area contributed by atoms with Gasteiger partial charge >= 0.3 is 6.09 Å². The molecule has 10 heteroatoms. The molecule has 0 bridgehead atoms. The second-order valence-electron chi connectivity index (χ2n) is 12.1. The van der Waals surface area contributed by atoms with E-state index in [9.17, 15) is 14.7 Å². The van der Waals surface area contributed by atoms with Gasteiger partial charge in [0, 0.05) is 63.5 Å². The van der Waals surface area contributed by atoms with Crippen LogP contribution >= 0.6 is 0 Å². The zero-order valence-corrected chi connectivity index (χ0v) is 25.5. The van der Waals surface area contributed by atoms with Gasteiger partial charge in [-0.05, 0) is 75.8 Å². The summed E-state index contributed by atoms with van der Waals surface area (Å²) in [7, 11) is 3.73. The lowest BCUT2D eigenvalue weighted by molar-refractivity contribution is 0.0710. The van der Waals surface area contributed by atoms with E-state index in [4.69, 9.17) is 14.7 Å². The molecule has 2 N–H and O–H groups in total. The van der Waals surface area contributed by atoms with Crippen molar-refractivity contribution >= 4 is 28.7 Å². The molecule has 0 radical (unpaired) electrons. The van der Waals surface area contributed by atoms with Crippen LogP contribution in [-0.4, -0.2) is 103 Å². The van der Waals surface area contributed by atoms with Crippen molar-refractivity contribution in [2.75, 3.05) is 64.9 Å². The van der Waals surface area contributed by atoms with Gasteiger partial charge in [-0.15, -0.1) is 0 Å². The number of benzene rings is 1. The first-order chi connectivity index (χ1) is 20.8. The molecule has 0 spiro atoms. The molecule has 10 nitrogen and oxygen atoms in total. The summed E-state index contributed by atoms with van der Waals surface area (Å²) in [5, 5.41) is 13.7. The number of likely N-dealkylation sites (N-methyl/N-ethyl adjacent to an activating group) is 1. The highest BCUT2D eigenvalue weighted by Crippen LogP contribution is 2.30. The number of anilines is 1. The predicted octanol–water partition coefficient (Wildman–Crippen LogP) is 4.60. The van der Waals surface area contributed by atoms with E-state index in [1.807, 2.05) is 55.6 Å². The summed E-state index contributed by atoms with van der Waals surface area (Å²) >= 11 is 0. The summed E-state index contributed by atoms with van der Waals surface area (Å²) in [5.41, 5.74) is 3.00. The van der Waals surface area contributed by atoms with Gasteiger partial charge in [0.2, 0.25) is 0 Å². The Labute approximate surface area is 254 Å². The van der Waals surface area contributed by atoms with Crippen LogP contribution in [0.25, 0.3) is 22.2 Å². The van der Waals surface area contributed by atoms with Crippen LogP contribution in [0.1, 0.15) is 43.0 Å². The quantitative estimate of drug-likeness (QED) is 0.354. The van der Waals surface area contributed by atoms with Gasteiger partial charge in [-0.2, -0.15) is 0 Å². The number of rotatable bonds is 10. The highest BCUT2D eigenvalue weighted by atomic mass is 16.5. The molecular formula is C33H44N6O4. The standard InChI is InChI=1S/C33H44N6O4/c1-23(22-43-3)39(33(41)42)21-25-10-8-24(9-11-25)19-35-32(40)28-18-30(36-29-7-5-4-6-27(28)29)26-12-13-31(34-20-26)38-16-14-37(2)15-17-38/h4-7,12-13,18,20,23-25H,8-11,14-17,19,21-22H2,1-3H3,(H,35,40)(H,41,42)/t23-,24?,25?/m1/s1. The number of nitrogens with one attached hydrogen (secondary N) is 1. The lowest BCUT2D eigenvalue weighted by Crippen LogP contribution is -2.44. The van der Waals surface area contributed by atoms with E-state index in [1.54, 1.807) is 7.11 Å². The number of fused-ring (bicyclic) bond motifs is 1. The summed E-state index contributed by atoms with van der Waals surface area (Å²) in [5.74, 6) is 1.55. The molecule has 0 unspecified atom stereocenters. The normalized spacial score (nSPS) is 20.1. The van der Waals surface area contributed by atoms with Crippen LogP contribution in [0.4, 0.5) is 10.6 Å². The minimum atomic E-state index is -0.898. The monoisotopic (exact) mass is 588 g/mol. The maximum atomic E-state index is 13.5. The SMILES string of the molecule is COC[C@@H](C)N(CC1CCC(CNC(=O)c2cc(-c3ccc(N4CCN(C)CC4)nc3)nc3ccccc23)CC1)C(=O)O. The molecule has 1 atom stereocenters. The highest BCUT2D eigenvalue weighted by molar-refractivity contribution is 6.07. The van der Waals surface area contributed by atoms with Crippen molar-refractivity contribution in [1.29, 1.82) is 0 Å². The Morgan fingerprint density at radius 2 is 1.79 bits per heavy atom. The number of aromatic nitrogens is 2. The van der Waals surface area contributed by atoms with Crippen LogP contribution in [-0.2, 0) is 4.74 Å². The van der Waals surface area contributed by atoms with E-state index in [1.165, 1.54) is 4.90 Å². The number of hydrogen-bond donors (Lipinski definition) is 2. The summed E-state index contributed by atoms with van der Waals surface area (Å²) in [4.78, 5) is 41.0. The zero-order chi connectivity index (χ0) is 30.3. The Kier molecular flexibility index (Phi) is 10.1. The van der Waals surface area contributed by atoms with Gasteiger partial charge in [0.25, 0.3) is 5.91 Å². The molecule has 1 aliphatic heterocycles. The van der Waals surface area contributed by atoms with Crippen LogP contribution in [0, 0.1) is 11.8 Å². The highest BCUT2D eigenvalue weighted by Gasteiger charge is 2.28. The Balaban J connectivity index is 1.22. The van der Waals surface area contributed by atoms with E-state index >= 15 is 0 Å². The number of pyridine rings is 2. The molecule has 2 fully saturated rings. The van der Waals surface area contributed by atoms with Gasteiger partial charge in [-0.1, -0.05) is 18.2 Å². The molecule has 2 amide bonds. The van der Waals surface area contributed by atoms with Crippen molar-refractivity contribution in [3.8, 4) is 11.3 Å². The first-order valence-electron chi connectivity index (χ1n) is 15.4. The number of nitrogens with zero attached hydrogens (tertiary/aromatic N) is 5. The molecule has 43 heavy (non-hydrogen) atoms. The minimum Gasteiger partial charge on any atom is -0.465 e. The molecule has 3 heterocycles. The third-order valence-corrected chi connectivity index (χ3v) is 8.99. The average Bonchev–Trinajstić information content (AvgIpc) is 3.03. The summed E-state index contributed by atoms with van der Waals surface area (Å²) in [6, 6.07) is 13.5. The number of methoxy groups -OCH3 is 1. The van der Waals surface area contributed by atoms with Gasteiger partial charge in [0.05, 0.1) is 29.4 Å². The number of carbonyl (C=O) groups is 2. The van der Waals surface area contributed by atoms with Crippen LogP contribution < -0.4 is 10.2 Å². The molecule has 1 aliphatic carbocycles. The Bertz CT molecular complexity index is 1380. The Hall–Kier alpha value is -3.76. The van der Waals surface area contributed by atoms with Gasteiger partial charge < -0.3 is 29.9 Å². The van der Waals surface area contributed by atoms with Crippen LogP contribution in [0.3, 0.4) is 0 Å². The maximum absolute atomic E-state index is 13.5. The number of ether oxygens (including phenoxy) is 1. The number of amides is 2. The third kappa shape index (κ3) is 7.61. The molecule has 1 aromatic carbocycles. The number of carboxylic acid groups (broad SMARTS) is 1. The molecule has 1 saturated heterocycles. The number of hydrogen-bond acceptors (Lipinski definition) is 7. The fourth-order valence-corrected chi connectivity index (χ4v) is 6.28. The topological polar surface area (TPSA) is 111 Å². The molecule has 2 aliphatic rings. The van der Waals surface area contributed by atoms with Crippen molar-refractivity contribution in [2.45, 2.75) is 38.6 Å². The van der Waals surface area contributed by atoms with E-state index in [2.05, 4.69) is 22.2 Å². The molecule has 3 aromatic rings. The fraction of sp³-hybridized carbons (Fsp3) is 0.515. The van der Waals surface area contributed by atoms with Crippen molar-refractivity contribution in [1.82, 2.24) is 25.1 Å². The molecular weight excluding hydrogens is 544 g/mol. The van der Waals surface area contributed by atoms with E-state index in [-0.39, 0.29) is 11.9 Å². The van der Waals surface area contributed by atoms with Crippen LogP contribution in [0.5, 0.6) is 0 Å². The Morgan fingerprint density at radius 1 is 1.07 bits per heavy atom. The first kappa shape index (κ1) is 30.7. The van der Waals surface area contributed by atoms with E-state index in [0.717, 1.165) is 79.8 Å². The van der Waals surface area contributed by atoms with Gasteiger partial charge in [-0.3, -0.25) is 4.79 Å². The summed E-state index contributed by atoms with van der Waals surface area (Å²) in [6.45, 7) is 7.34. The van der Waals surface area contributed by atoms with Crippen molar-refractivity contribution in [3.63, 3.8) is 0 Å². The van der Waals surface area contributed by atoms with E-state index < -0.39 is 6.09 Å². The summed E-state index contributed by atoms with van der Waals surface area (Å²) < 4.78 is 5.17. The fourth-order valence-electron chi connectivity index (χ4n) is 6.28. The zero-order valence-electron chi connectivity index (χ0n) is 25.5.